The lowest BCUT2D eigenvalue weighted by Gasteiger charge is -2.14. The van der Waals surface area contributed by atoms with E-state index in [2.05, 4.69) is 76.2 Å². The summed E-state index contributed by atoms with van der Waals surface area (Å²) >= 11 is 0. The molecule has 142 valence electrons. The highest BCUT2D eigenvalue weighted by atomic mass is 127. The van der Waals surface area contributed by atoms with Gasteiger partial charge in [-0.2, -0.15) is 5.10 Å². The second kappa shape index (κ2) is 10.7. The van der Waals surface area contributed by atoms with E-state index in [0.717, 1.165) is 19.0 Å². The summed E-state index contributed by atoms with van der Waals surface area (Å²) in [5, 5.41) is 11.1. The van der Waals surface area contributed by atoms with Crippen molar-refractivity contribution in [3.63, 3.8) is 0 Å². The van der Waals surface area contributed by atoms with Crippen LogP contribution in [0.5, 0.6) is 0 Å². The van der Waals surface area contributed by atoms with Crippen LogP contribution in [0.1, 0.15) is 22.3 Å². The van der Waals surface area contributed by atoms with Crippen LogP contribution in [0.25, 0.3) is 0 Å². The fourth-order valence-electron chi connectivity index (χ4n) is 2.86. The van der Waals surface area contributed by atoms with Crippen LogP contribution in [-0.2, 0) is 19.6 Å². The zero-order valence-electron chi connectivity index (χ0n) is 15.7. The van der Waals surface area contributed by atoms with Crippen LogP contribution >= 0.6 is 24.0 Å². The SMILES string of the molecule is CN=C(NCc1cccc(C)c1)NCc1ccccc1Cn1cccn1.I. The molecule has 0 aliphatic carbocycles. The number of nitrogens with zero attached hydrogens (tertiary/aromatic N) is 3. The Bertz CT molecular complexity index is 859. The fraction of sp³-hybridized carbons (Fsp3) is 0.238. The molecule has 27 heavy (non-hydrogen) atoms. The van der Waals surface area contributed by atoms with Crippen LogP contribution in [0.15, 0.2) is 72.0 Å². The van der Waals surface area contributed by atoms with Gasteiger partial charge in [0.05, 0.1) is 6.54 Å². The van der Waals surface area contributed by atoms with Crippen molar-refractivity contribution in [1.29, 1.82) is 0 Å². The van der Waals surface area contributed by atoms with Gasteiger partial charge in [-0.3, -0.25) is 9.67 Å². The number of halogens is 1. The molecule has 3 rings (SSSR count). The molecule has 0 aliphatic rings. The van der Waals surface area contributed by atoms with Crippen LogP contribution in [0.2, 0.25) is 0 Å². The summed E-state index contributed by atoms with van der Waals surface area (Å²) in [5.74, 6) is 0.792. The van der Waals surface area contributed by atoms with Gasteiger partial charge in [-0.1, -0.05) is 54.1 Å². The maximum absolute atomic E-state index is 4.32. The van der Waals surface area contributed by atoms with Crippen molar-refractivity contribution in [3.8, 4) is 0 Å². The molecule has 0 saturated carbocycles. The molecule has 2 N–H and O–H groups in total. The largest absolute Gasteiger partial charge is 0.352 e. The highest BCUT2D eigenvalue weighted by Gasteiger charge is 2.05. The van der Waals surface area contributed by atoms with Gasteiger partial charge in [-0.15, -0.1) is 24.0 Å². The first kappa shape index (κ1) is 21.0. The zero-order valence-corrected chi connectivity index (χ0v) is 18.1. The number of hydrogen-bond donors (Lipinski definition) is 2. The molecule has 0 fully saturated rings. The van der Waals surface area contributed by atoms with Crippen molar-refractivity contribution < 1.29 is 0 Å². The number of rotatable bonds is 6. The third kappa shape index (κ3) is 6.39. The standard InChI is InChI=1S/C21H25N5.HI/c1-17-7-5-8-18(13-17)14-23-21(22-2)24-15-19-9-3-4-10-20(19)16-26-12-6-11-25-26;/h3-13H,14-16H2,1-2H3,(H2,22,23,24);1H. The predicted octanol–water partition coefficient (Wildman–Crippen LogP) is 3.72. The molecule has 6 heteroatoms. The first-order valence-electron chi connectivity index (χ1n) is 8.79. The van der Waals surface area contributed by atoms with E-state index in [1.54, 1.807) is 13.2 Å². The maximum Gasteiger partial charge on any atom is 0.191 e. The van der Waals surface area contributed by atoms with Crippen LogP contribution in [0, 0.1) is 6.92 Å². The van der Waals surface area contributed by atoms with Crippen molar-refractivity contribution in [1.82, 2.24) is 20.4 Å². The van der Waals surface area contributed by atoms with Gasteiger partial charge in [0, 0.05) is 32.5 Å². The molecule has 5 nitrogen and oxygen atoms in total. The topological polar surface area (TPSA) is 54.2 Å². The third-order valence-corrected chi connectivity index (χ3v) is 4.22. The number of aliphatic imine (C=N–C) groups is 1. The Kier molecular flexibility index (Phi) is 8.32. The molecule has 0 atom stereocenters. The Morgan fingerprint density at radius 1 is 1.00 bits per heavy atom. The molecule has 0 saturated heterocycles. The average Bonchev–Trinajstić information content (AvgIpc) is 3.16. The van der Waals surface area contributed by atoms with E-state index >= 15 is 0 Å². The van der Waals surface area contributed by atoms with Crippen LogP contribution in [0.3, 0.4) is 0 Å². The molecule has 0 radical (unpaired) electrons. The molecular weight excluding hydrogens is 449 g/mol. The van der Waals surface area contributed by atoms with E-state index in [9.17, 15) is 0 Å². The summed E-state index contributed by atoms with van der Waals surface area (Å²) in [6, 6.07) is 18.8. The Hall–Kier alpha value is -2.35. The Labute approximate surface area is 177 Å². The lowest BCUT2D eigenvalue weighted by Crippen LogP contribution is -2.36. The summed E-state index contributed by atoms with van der Waals surface area (Å²) in [6.07, 6.45) is 3.78. The fourth-order valence-corrected chi connectivity index (χ4v) is 2.86. The molecule has 3 aromatic rings. The minimum absolute atomic E-state index is 0. The Balaban J connectivity index is 0.00000261. The minimum Gasteiger partial charge on any atom is -0.352 e. The zero-order chi connectivity index (χ0) is 18.2. The van der Waals surface area contributed by atoms with Crippen molar-refractivity contribution in [2.24, 2.45) is 4.99 Å². The average molecular weight is 475 g/mol. The Morgan fingerprint density at radius 3 is 2.48 bits per heavy atom. The summed E-state index contributed by atoms with van der Waals surface area (Å²) in [5.41, 5.74) is 4.99. The lowest BCUT2D eigenvalue weighted by atomic mass is 10.1. The van der Waals surface area contributed by atoms with Gasteiger partial charge in [0.2, 0.25) is 0 Å². The normalized spacial score (nSPS) is 11.0. The van der Waals surface area contributed by atoms with Crippen molar-refractivity contribution in [2.75, 3.05) is 7.05 Å². The Morgan fingerprint density at radius 2 is 1.78 bits per heavy atom. The molecule has 0 spiro atoms. The van der Waals surface area contributed by atoms with E-state index in [4.69, 9.17) is 0 Å². The van der Waals surface area contributed by atoms with E-state index in [1.807, 2.05) is 16.9 Å². The molecule has 0 amide bonds. The van der Waals surface area contributed by atoms with Gasteiger partial charge in [0.15, 0.2) is 5.96 Å². The monoisotopic (exact) mass is 475 g/mol. The molecular formula is C21H26IN5. The number of guanidine groups is 1. The number of benzene rings is 2. The first-order valence-corrected chi connectivity index (χ1v) is 8.79. The van der Waals surface area contributed by atoms with Gasteiger partial charge < -0.3 is 10.6 Å². The minimum atomic E-state index is 0. The lowest BCUT2D eigenvalue weighted by molar-refractivity contribution is 0.677. The smallest absolute Gasteiger partial charge is 0.191 e. The van der Waals surface area contributed by atoms with Gasteiger partial charge in [-0.25, -0.2) is 0 Å². The number of nitrogens with one attached hydrogen (secondary N) is 2. The van der Waals surface area contributed by atoms with Crippen LogP contribution in [-0.4, -0.2) is 22.8 Å². The van der Waals surface area contributed by atoms with Crippen molar-refractivity contribution in [2.45, 2.75) is 26.6 Å². The van der Waals surface area contributed by atoms with Crippen LogP contribution < -0.4 is 10.6 Å². The van der Waals surface area contributed by atoms with E-state index in [0.29, 0.717) is 6.54 Å². The second-order valence-corrected chi connectivity index (χ2v) is 6.24. The summed E-state index contributed by atoms with van der Waals surface area (Å²) in [4.78, 5) is 4.32. The molecule has 1 heterocycles. The second-order valence-electron chi connectivity index (χ2n) is 6.24. The third-order valence-electron chi connectivity index (χ3n) is 4.22. The first-order chi connectivity index (χ1) is 12.7. The van der Waals surface area contributed by atoms with E-state index in [-0.39, 0.29) is 24.0 Å². The highest BCUT2D eigenvalue weighted by Crippen LogP contribution is 2.10. The van der Waals surface area contributed by atoms with Gasteiger partial charge in [0.1, 0.15) is 0 Å². The number of aromatic nitrogens is 2. The summed E-state index contributed by atoms with van der Waals surface area (Å²) in [6.45, 7) is 4.33. The summed E-state index contributed by atoms with van der Waals surface area (Å²) in [7, 11) is 1.79. The molecule has 0 unspecified atom stereocenters. The van der Waals surface area contributed by atoms with Gasteiger partial charge in [-0.05, 0) is 29.7 Å². The van der Waals surface area contributed by atoms with Crippen molar-refractivity contribution >= 4 is 29.9 Å². The molecule has 0 aliphatic heterocycles. The van der Waals surface area contributed by atoms with Crippen molar-refractivity contribution in [3.05, 3.63) is 89.2 Å². The quantitative estimate of drug-likeness (QED) is 0.325. The van der Waals surface area contributed by atoms with Crippen LogP contribution in [0.4, 0.5) is 0 Å². The van der Waals surface area contributed by atoms with E-state index in [1.165, 1.54) is 22.3 Å². The number of hydrogen-bond acceptors (Lipinski definition) is 2. The van der Waals surface area contributed by atoms with Gasteiger partial charge >= 0.3 is 0 Å². The number of aryl methyl sites for hydroxylation is 1. The van der Waals surface area contributed by atoms with E-state index < -0.39 is 0 Å². The molecule has 2 aromatic carbocycles. The summed E-state index contributed by atoms with van der Waals surface area (Å²) < 4.78 is 1.93. The highest BCUT2D eigenvalue weighted by molar-refractivity contribution is 14.0. The molecule has 0 bridgehead atoms. The predicted molar refractivity (Wildman–Crippen MR) is 121 cm³/mol. The maximum atomic E-state index is 4.32. The molecule has 1 aromatic heterocycles. The van der Waals surface area contributed by atoms with Gasteiger partial charge in [0.25, 0.3) is 0 Å².